The van der Waals surface area contributed by atoms with Gasteiger partial charge in [-0.25, -0.2) is 4.39 Å². The SMILES string of the molecule is O=C(CCc1ccccc1)N1CCN(CCc2ccccc2F)CC1. The van der Waals surface area contributed by atoms with Crippen LogP contribution >= 0.6 is 0 Å². The molecule has 3 rings (SSSR count). The van der Waals surface area contributed by atoms with Crippen LogP contribution in [0.2, 0.25) is 0 Å². The van der Waals surface area contributed by atoms with E-state index >= 15 is 0 Å². The van der Waals surface area contributed by atoms with Crippen molar-refractivity contribution in [1.82, 2.24) is 9.80 Å². The van der Waals surface area contributed by atoms with Gasteiger partial charge in [-0.05, 0) is 30.0 Å². The molecule has 1 heterocycles. The second-order valence-corrected chi connectivity index (χ2v) is 6.55. The van der Waals surface area contributed by atoms with Gasteiger partial charge in [-0.2, -0.15) is 0 Å². The number of carbonyl (C=O) groups is 1. The zero-order chi connectivity index (χ0) is 17.5. The first-order chi connectivity index (χ1) is 12.2. The molecule has 1 aliphatic heterocycles. The van der Waals surface area contributed by atoms with Crippen molar-refractivity contribution in [3.8, 4) is 0 Å². The van der Waals surface area contributed by atoms with Crippen LogP contribution in [0.1, 0.15) is 17.5 Å². The summed E-state index contributed by atoms with van der Waals surface area (Å²) in [6.07, 6.45) is 2.08. The molecule has 0 unspecified atom stereocenters. The molecule has 25 heavy (non-hydrogen) atoms. The largest absolute Gasteiger partial charge is 0.340 e. The molecule has 0 N–H and O–H groups in total. The van der Waals surface area contributed by atoms with Crippen molar-refractivity contribution in [2.24, 2.45) is 0 Å². The fraction of sp³-hybridized carbons (Fsp3) is 0.381. The molecule has 2 aromatic rings. The topological polar surface area (TPSA) is 23.6 Å². The first kappa shape index (κ1) is 17.6. The summed E-state index contributed by atoms with van der Waals surface area (Å²) in [5.74, 6) is 0.106. The Morgan fingerprint density at radius 2 is 1.56 bits per heavy atom. The van der Waals surface area contributed by atoms with Crippen LogP contribution in [-0.2, 0) is 17.6 Å². The number of rotatable bonds is 6. The molecule has 1 aliphatic rings. The molecule has 1 fully saturated rings. The Labute approximate surface area is 149 Å². The molecule has 132 valence electrons. The van der Waals surface area contributed by atoms with Gasteiger partial charge in [-0.1, -0.05) is 48.5 Å². The van der Waals surface area contributed by atoms with E-state index < -0.39 is 0 Å². The van der Waals surface area contributed by atoms with Crippen molar-refractivity contribution < 1.29 is 9.18 Å². The minimum atomic E-state index is -0.128. The Balaban J connectivity index is 1.39. The first-order valence-electron chi connectivity index (χ1n) is 9.00. The van der Waals surface area contributed by atoms with Gasteiger partial charge in [0.1, 0.15) is 5.82 Å². The van der Waals surface area contributed by atoms with E-state index in [2.05, 4.69) is 17.0 Å². The molecule has 1 amide bonds. The molecule has 0 atom stereocenters. The number of piperazine rings is 1. The lowest BCUT2D eigenvalue weighted by atomic mass is 10.1. The average Bonchev–Trinajstić information content (AvgIpc) is 2.67. The summed E-state index contributed by atoms with van der Waals surface area (Å²) in [7, 11) is 0. The summed E-state index contributed by atoms with van der Waals surface area (Å²) < 4.78 is 13.7. The van der Waals surface area contributed by atoms with Crippen LogP contribution in [0.5, 0.6) is 0 Å². The van der Waals surface area contributed by atoms with Gasteiger partial charge in [0.15, 0.2) is 0 Å². The van der Waals surface area contributed by atoms with E-state index in [1.165, 1.54) is 11.6 Å². The zero-order valence-corrected chi connectivity index (χ0v) is 14.5. The van der Waals surface area contributed by atoms with E-state index in [0.29, 0.717) is 12.8 Å². The van der Waals surface area contributed by atoms with E-state index in [0.717, 1.165) is 44.7 Å². The third-order valence-electron chi connectivity index (χ3n) is 4.85. The molecule has 0 bridgehead atoms. The zero-order valence-electron chi connectivity index (χ0n) is 14.5. The Morgan fingerprint density at radius 1 is 0.880 bits per heavy atom. The second kappa shape index (κ2) is 8.77. The lowest BCUT2D eigenvalue weighted by Gasteiger charge is -2.34. The van der Waals surface area contributed by atoms with Crippen LogP contribution in [0.3, 0.4) is 0 Å². The highest BCUT2D eigenvalue weighted by atomic mass is 19.1. The van der Waals surface area contributed by atoms with Gasteiger partial charge in [0.2, 0.25) is 5.91 Å². The van der Waals surface area contributed by atoms with Gasteiger partial charge in [0.25, 0.3) is 0 Å². The minimum absolute atomic E-state index is 0.128. The van der Waals surface area contributed by atoms with E-state index in [-0.39, 0.29) is 11.7 Å². The number of aryl methyl sites for hydroxylation is 1. The van der Waals surface area contributed by atoms with E-state index in [4.69, 9.17) is 0 Å². The molecule has 0 aromatic heterocycles. The molecule has 2 aromatic carbocycles. The highest BCUT2D eigenvalue weighted by molar-refractivity contribution is 5.76. The van der Waals surface area contributed by atoms with Gasteiger partial charge in [-0.15, -0.1) is 0 Å². The van der Waals surface area contributed by atoms with Gasteiger partial charge in [0.05, 0.1) is 0 Å². The summed E-state index contributed by atoms with van der Waals surface area (Å²) in [6.45, 7) is 4.11. The van der Waals surface area contributed by atoms with E-state index in [1.54, 1.807) is 6.07 Å². The number of hydrogen-bond acceptors (Lipinski definition) is 2. The van der Waals surface area contributed by atoms with Gasteiger partial charge in [0, 0.05) is 39.1 Å². The fourth-order valence-electron chi connectivity index (χ4n) is 3.25. The highest BCUT2D eigenvalue weighted by Gasteiger charge is 2.20. The van der Waals surface area contributed by atoms with Gasteiger partial charge >= 0.3 is 0 Å². The summed E-state index contributed by atoms with van der Waals surface area (Å²) >= 11 is 0. The Bertz CT molecular complexity index is 681. The number of halogens is 1. The summed E-state index contributed by atoms with van der Waals surface area (Å²) in [6, 6.07) is 17.1. The van der Waals surface area contributed by atoms with Crippen molar-refractivity contribution in [2.75, 3.05) is 32.7 Å². The maximum atomic E-state index is 13.7. The highest BCUT2D eigenvalue weighted by Crippen LogP contribution is 2.11. The van der Waals surface area contributed by atoms with Crippen LogP contribution in [-0.4, -0.2) is 48.4 Å². The number of nitrogens with zero attached hydrogens (tertiary/aromatic N) is 2. The number of carbonyl (C=O) groups excluding carboxylic acids is 1. The van der Waals surface area contributed by atoms with Crippen molar-refractivity contribution >= 4 is 5.91 Å². The number of amides is 1. The Morgan fingerprint density at radius 3 is 2.28 bits per heavy atom. The van der Waals surface area contributed by atoms with Crippen LogP contribution in [0.25, 0.3) is 0 Å². The third kappa shape index (κ3) is 5.13. The van der Waals surface area contributed by atoms with Crippen molar-refractivity contribution in [2.45, 2.75) is 19.3 Å². The Kier molecular flexibility index (Phi) is 6.18. The quantitative estimate of drug-likeness (QED) is 0.806. The summed E-state index contributed by atoms with van der Waals surface area (Å²) in [5.41, 5.74) is 1.98. The molecule has 0 saturated carbocycles. The molecule has 0 aliphatic carbocycles. The normalized spacial score (nSPS) is 15.3. The molecular formula is C21H25FN2O. The van der Waals surface area contributed by atoms with Crippen LogP contribution < -0.4 is 0 Å². The molecule has 4 heteroatoms. The third-order valence-corrected chi connectivity index (χ3v) is 4.85. The van der Waals surface area contributed by atoms with Crippen LogP contribution in [0.15, 0.2) is 54.6 Å². The fourth-order valence-corrected chi connectivity index (χ4v) is 3.25. The predicted molar refractivity (Wildman–Crippen MR) is 97.9 cm³/mol. The number of hydrogen-bond donors (Lipinski definition) is 0. The Hall–Kier alpha value is -2.20. The van der Waals surface area contributed by atoms with Crippen LogP contribution in [0, 0.1) is 5.82 Å². The van der Waals surface area contributed by atoms with Gasteiger partial charge in [-0.3, -0.25) is 9.69 Å². The second-order valence-electron chi connectivity index (χ2n) is 6.55. The van der Waals surface area contributed by atoms with Crippen molar-refractivity contribution in [1.29, 1.82) is 0 Å². The molecule has 0 spiro atoms. The average molecular weight is 340 g/mol. The first-order valence-corrected chi connectivity index (χ1v) is 9.00. The van der Waals surface area contributed by atoms with Crippen molar-refractivity contribution in [3.63, 3.8) is 0 Å². The lowest BCUT2D eigenvalue weighted by Crippen LogP contribution is -2.49. The van der Waals surface area contributed by atoms with E-state index in [9.17, 15) is 9.18 Å². The summed E-state index contributed by atoms with van der Waals surface area (Å²) in [4.78, 5) is 16.6. The molecule has 0 radical (unpaired) electrons. The lowest BCUT2D eigenvalue weighted by molar-refractivity contribution is -0.132. The smallest absolute Gasteiger partial charge is 0.222 e. The number of benzene rings is 2. The summed E-state index contributed by atoms with van der Waals surface area (Å²) in [5, 5.41) is 0. The van der Waals surface area contributed by atoms with Crippen molar-refractivity contribution in [3.05, 3.63) is 71.5 Å². The van der Waals surface area contributed by atoms with E-state index in [1.807, 2.05) is 35.2 Å². The monoisotopic (exact) mass is 340 g/mol. The van der Waals surface area contributed by atoms with Gasteiger partial charge < -0.3 is 4.90 Å². The molecule has 3 nitrogen and oxygen atoms in total. The maximum Gasteiger partial charge on any atom is 0.222 e. The molecular weight excluding hydrogens is 315 g/mol. The maximum absolute atomic E-state index is 13.7. The predicted octanol–water partition coefficient (Wildman–Crippen LogP) is 3.15. The molecule has 1 saturated heterocycles. The standard InChI is InChI=1S/C21H25FN2O/c22-20-9-5-4-8-19(20)12-13-23-14-16-24(17-15-23)21(25)11-10-18-6-2-1-3-7-18/h1-9H,10-17H2. The van der Waals surface area contributed by atoms with Crippen LogP contribution in [0.4, 0.5) is 4.39 Å². The minimum Gasteiger partial charge on any atom is -0.340 e.